The Hall–Kier alpha value is -3.79. The maximum atomic E-state index is 13.5. The second kappa shape index (κ2) is 10.5. The smallest absolute Gasteiger partial charge is 0.161 e. The van der Waals surface area contributed by atoms with E-state index in [-0.39, 0.29) is 23.4 Å². The molecular weight excluding hydrogens is 519 g/mol. The first-order valence-electron chi connectivity index (χ1n) is 12.4. The average Bonchev–Trinajstić information content (AvgIpc) is 2.90. The predicted octanol–water partition coefficient (Wildman–Crippen LogP) is 6.89. The Kier molecular flexibility index (Phi) is 7.16. The molecule has 1 aliphatic carbocycles. The summed E-state index contributed by atoms with van der Waals surface area (Å²) in [5.74, 6) is 0.271. The van der Waals surface area contributed by atoms with Crippen LogP contribution in [0.2, 0.25) is 10.2 Å². The number of para-hydroxylation sites is 1. The number of hydrogen-bond acceptors (Lipinski definition) is 6. The number of nitrogens with two attached hydrogens (primary N) is 1. The summed E-state index contributed by atoms with van der Waals surface area (Å²) < 4.78 is 6.05. The fourth-order valence-electron chi connectivity index (χ4n) is 5.35. The molecule has 0 saturated heterocycles. The van der Waals surface area contributed by atoms with Crippen LogP contribution in [0.1, 0.15) is 47.4 Å². The quantitative estimate of drug-likeness (QED) is 0.351. The molecule has 38 heavy (non-hydrogen) atoms. The van der Waals surface area contributed by atoms with Gasteiger partial charge < -0.3 is 10.5 Å². The lowest BCUT2D eigenvalue weighted by molar-refractivity contribution is -0.116. The Morgan fingerprint density at radius 2 is 1.95 bits per heavy atom. The van der Waals surface area contributed by atoms with E-state index in [9.17, 15) is 10.1 Å². The van der Waals surface area contributed by atoms with Crippen LogP contribution in [0.5, 0.6) is 5.75 Å². The molecule has 192 valence electrons. The molecule has 0 bridgehead atoms. The van der Waals surface area contributed by atoms with Gasteiger partial charge in [0.05, 0.1) is 28.3 Å². The van der Waals surface area contributed by atoms with Gasteiger partial charge >= 0.3 is 0 Å². The lowest BCUT2D eigenvalue weighted by Crippen LogP contribution is -2.39. The van der Waals surface area contributed by atoms with Gasteiger partial charge in [-0.1, -0.05) is 53.0 Å². The molecule has 0 saturated carbocycles. The maximum absolute atomic E-state index is 13.5. The van der Waals surface area contributed by atoms with E-state index in [1.54, 1.807) is 29.3 Å². The van der Waals surface area contributed by atoms with Crippen LogP contribution in [-0.2, 0) is 11.4 Å². The number of anilines is 1. The number of hydrogen-bond donors (Lipinski definition) is 1. The summed E-state index contributed by atoms with van der Waals surface area (Å²) in [7, 11) is 0. The van der Waals surface area contributed by atoms with E-state index in [0.717, 1.165) is 28.0 Å². The number of carbonyl (C=O) groups excluding carboxylic acids is 1. The number of nitrogens with zero attached hydrogens (tertiary/aromatic N) is 3. The second-order valence-corrected chi connectivity index (χ2v) is 10.3. The van der Waals surface area contributed by atoms with E-state index in [0.29, 0.717) is 46.9 Å². The number of allylic oxidation sites excluding steroid dienone is 3. The Bertz CT molecular complexity index is 1550. The SMILES string of the molecule is Cc1cc(COc2ccccc2Cl)c(C)c(C2C(C#N)=C(N)N(c3cccnc3Cl)C3=C2C(=O)CCC3)c1. The van der Waals surface area contributed by atoms with Crippen LogP contribution >= 0.6 is 23.2 Å². The van der Waals surface area contributed by atoms with Crippen molar-refractivity contribution in [1.82, 2.24) is 4.98 Å². The molecule has 2 heterocycles. The first-order chi connectivity index (χ1) is 18.3. The van der Waals surface area contributed by atoms with Gasteiger partial charge in [0.2, 0.25) is 0 Å². The molecule has 0 radical (unpaired) electrons. The third kappa shape index (κ3) is 4.53. The largest absolute Gasteiger partial charge is 0.487 e. The highest BCUT2D eigenvalue weighted by Crippen LogP contribution is 2.48. The third-order valence-corrected chi connectivity index (χ3v) is 7.73. The van der Waals surface area contributed by atoms with Gasteiger partial charge in [0.1, 0.15) is 18.2 Å². The molecule has 8 heteroatoms. The van der Waals surface area contributed by atoms with E-state index in [1.165, 1.54) is 0 Å². The van der Waals surface area contributed by atoms with Crippen LogP contribution in [0.3, 0.4) is 0 Å². The van der Waals surface area contributed by atoms with E-state index < -0.39 is 5.92 Å². The number of ketones is 1. The number of halogens is 2. The molecular formula is C30H26Cl2N4O2. The number of ether oxygens (including phenoxy) is 1. The van der Waals surface area contributed by atoms with Crippen molar-refractivity contribution in [3.8, 4) is 11.8 Å². The normalized spacial score (nSPS) is 17.4. The van der Waals surface area contributed by atoms with Crippen LogP contribution < -0.4 is 15.4 Å². The number of pyridine rings is 1. The van der Waals surface area contributed by atoms with Crippen molar-refractivity contribution in [3.05, 3.63) is 110 Å². The van der Waals surface area contributed by atoms with Crippen LogP contribution in [0, 0.1) is 25.2 Å². The highest BCUT2D eigenvalue weighted by Gasteiger charge is 2.41. The third-order valence-electron chi connectivity index (χ3n) is 7.12. The van der Waals surface area contributed by atoms with Crippen molar-refractivity contribution >= 4 is 34.7 Å². The van der Waals surface area contributed by atoms with Gasteiger partial charge in [-0.15, -0.1) is 0 Å². The van der Waals surface area contributed by atoms with Crippen LogP contribution in [0.25, 0.3) is 0 Å². The zero-order valence-electron chi connectivity index (χ0n) is 21.1. The van der Waals surface area contributed by atoms with Crippen molar-refractivity contribution in [3.63, 3.8) is 0 Å². The standard InChI is InChI=1S/C30H26Cl2N4O2/c1-17-13-19(16-38-26-11-4-3-7-22(26)31)18(2)20(14-17)27-21(15-33)30(34)36(24-9-6-12-35-29(24)32)23-8-5-10-25(37)28(23)27/h3-4,6-7,9,11-14,27H,5,8,10,16,34H2,1-2H3. The Morgan fingerprint density at radius 1 is 1.16 bits per heavy atom. The van der Waals surface area contributed by atoms with Crippen molar-refractivity contribution in [1.29, 1.82) is 5.26 Å². The molecule has 0 fully saturated rings. The second-order valence-electron chi connectivity index (χ2n) is 9.49. The van der Waals surface area contributed by atoms with Crippen molar-refractivity contribution in [2.75, 3.05) is 4.90 Å². The summed E-state index contributed by atoms with van der Waals surface area (Å²) >= 11 is 12.7. The lowest BCUT2D eigenvalue weighted by atomic mass is 9.73. The summed E-state index contributed by atoms with van der Waals surface area (Å²) in [5.41, 5.74) is 12.7. The minimum Gasteiger partial charge on any atom is -0.487 e. The summed E-state index contributed by atoms with van der Waals surface area (Å²) in [6.45, 7) is 4.27. The lowest BCUT2D eigenvalue weighted by Gasteiger charge is -2.40. The highest BCUT2D eigenvalue weighted by molar-refractivity contribution is 6.32. The van der Waals surface area contributed by atoms with Gasteiger partial charge in [-0.05, 0) is 67.6 Å². The minimum atomic E-state index is -0.589. The molecule has 2 aliphatic rings. The van der Waals surface area contributed by atoms with Gasteiger partial charge in [0, 0.05) is 23.9 Å². The van der Waals surface area contributed by atoms with E-state index in [1.807, 2.05) is 38.1 Å². The van der Waals surface area contributed by atoms with Crippen molar-refractivity contribution in [2.45, 2.75) is 45.6 Å². The number of Topliss-reactive ketones (excluding diaryl/α,β-unsaturated/α-hetero) is 1. The molecule has 1 unspecified atom stereocenters. The predicted molar refractivity (Wildman–Crippen MR) is 149 cm³/mol. The molecule has 3 aromatic rings. The van der Waals surface area contributed by atoms with Crippen LogP contribution in [0.4, 0.5) is 5.69 Å². The Morgan fingerprint density at radius 3 is 2.68 bits per heavy atom. The molecule has 2 aromatic carbocycles. The number of nitriles is 1. The fraction of sp³-hybridized carbons (Fsp3) is 0.233. The first-order valence-corrected chi connectivity index (χ1v) is 13.1. The molecule has 2 N–H and O–H groups in total. The van der Waals surface area contributed by atoms with Gasteiger partial charge in [-0.2, -0.15) is 5.26 Å². The molecule has 1 aliphatic heterocycles. The Balaban J connectivity index is 1.65. The summed E-state index contributed by atoms with van der Waals surface area (Å²) in [5, 5.41) is 11.2. The van der Waals surface area contributed by atoms with Crippen molar-refractivity contribution < 1.29 is 9.53 Å². The van der Waals surface area contributed by atoms with E-state index in [2.05, 4.69) is 17.1 Å². The molecule has 0 amide bonds. The van der Waals surface area contributed by atoms with Gasteiger partial charge in [-0.25, -0.2) is 4.98 Å². The maximum Gasteiger partial charge on any atom is 0.161 e. The summed E-state index contributed by atoms with van der Waals surface area (Å²) in [6, 6.07) is 17.3. The van der Waals surface area contributed by atoms with E-state index in [4.69, 9.17) is 33.7 Å². The molecule has 0 spiro atoms. The summed E-state index contributed by atoms with van der Waals surface area (Å²) in [4.78, 5) is 19.5. The fourth-order valence-corrected chi connectivity index (χ4v) is 5.74. The average molecular weight is 545 g/mol. The zero-order chi connectivity index (χ0) is 27.0. The van der Waals surface area contributed by atoms with Gasteiger partial charge in [0.15, 0.2) is 10.9 Å². The van der Waals surface area contributed by atoms with Gasteiger partial charge in [0.25, 0.3) is 0 Å². The highest BCUT2D eigenvalue weighted by atomic mass is 35.5. The topological polar surface area (TPSA) is 92.2 Å². The zero-order valence-corrected chi connectivity index (χ0v) is 22.6. The first kappa shape index (κ1) is 25.8. The minimum absolute atomic E-state index is 0.0105. The summed E-state index contributed by atoms with van der Waals surface area (Å²) in [6.07, 6.45) is 3.33. The molecule has 1 aromatic heterocycles. The van der Waals surface area contributed by atoms with Crippen LogP contribution in [0.15, 0.2) is 77.4 Å². The monoisotopic (exact) mass is 544 g/mol. The van der Waals surface area contributed by atoms with Crippen LogP contribution in [-0.4, -0.2) is 10.8 Å². The molecule has 6 nitrogen and oxygen atoms in total. The number of aromatic nitrogens is 1. The van der Waals surface area contributed by atoms with Crippen molar-refractivity contribution in [2.24, 2.45) is 5.73 Å². The number of carbonyl (C=O) groups is 1. The molecule has 1 atom stereocenters. The number of aryl methyl sites for hydroxylation is 1. The van der Waals surface area contributed by atoms with Gasteiger partial charge in [-0.3, -0.25) is 9.69 Å². The molecule has 5 rings (SSSR count). The number of benzene rings is 2. The van der Waals surface area contributed by atoms with E-state index >= 15 is 0 Å². The number of rotatable bonds is 5. The Labute approximate surface area is 231 Å².